The van der Waals surface area contributed by atoms with E-state index < -0.39 is 5.97 Å². The molecule has 204 valence electrons. The van der Waals surface area contributed by atoms with Gasteiger partial charge in [0.2, 0.25) is 0 Å². The van der Waals surface area contributed by atoms with Gasteiger partial charge >= 0.3 is 11.9 Å². The van der Waals surface area contributed by atoms with Crippen LogP contribution in [0.25, 0.3) is 22.5 Å². The summed E-state index contributed by atoms with van der Waals surface area (Å²) >= 11 is 0. The largest absolute Gasteiger partial charge is 0.478 e. The summed E-state index contributed by atoms with van der Waals surface area (Å²) in [6.45, 7) is 2.22. The van der Waals surface area contributed by atoms with E-state index in [1.54, 1.807) is 12.3 Å². The van der Waals surface area contributed by atoms with Crippen molar-refractivity contribution in [2.24, 2.45) is 0 Å². The first-order valence-corrected chi connectivity index (χ1v) is 13.6. The highest BCUT2D eigenvalue weighted by Crippen LogP contribution is 2.33. The average Bonchev–Trinajstić information content (AvgIpc) is 3.60. The molecule has 0 fully saturated rings. The Balaban J connectivity index is 0.000000162. The van der Waals surface area contributed by atoms with E-state index in [0.29, 0.717) is 6.61 Å². The zero-order chi connectivity index (χ0) is 27.9. The number of aromatic nitrogens is 4. The predicted molar refractivity (Wildman–Crippen MR) is 153 cm³/mol. The molecule has 40 heavy (non-hydrogen) atoms. The summed E-state index contributed by atoms with van der Waals surface area (Å²) in [5.41, 5.74) is 8.27. The van der Waals surface area contributed by atoms with Gasteiger partial charge in [-0.05, 0) is 80.9 Å². The van der Waals surface area contributed by atoms with Crippen molar-refractivity contribution in [1.82, 2.24) is 19.6 Å². The minimum atomic E-state index is -0.893. The maximum Gasteiger partial charge on any atom is 0.331 e. The van der Waals surface area contributed by atoms with Crippen LogP contribution < -0.4 is 0 Å². The Morgan fingerprint density at radius 1 is 0.775 bits per heavy atom. The van der Waals surface area contributed by atoms with Gasteiger partial charge in [-0.3, -0.25) is 0 Å². The predicted octanol–water partition coefficient (Wildman–Crippen LogP) is 5.83. The van der Waals surface area contributed by atoms with Crippen molar-refractivity contribution >= 4 is 23.1 Å². The van der Waals surface area contributed by atoms with Gasteiger partial charge in [-0.15, -0.1) is 0 Å². The Labute approximate surface area is 233 Å². The topological polar surface area (TPSA) is 99.2 Å². The average molecular weight is 537 g/mol. The van der Waals surface area contributed by atoms with E-state index in [1.165, 1.54) is 11.8 Å². The van der Waals surface area contributed by atoms with Crippen LogP contribution >= 0.6 is 0 Å². The number of carboxylic acid groups (broad SMARTS) is 1. The molecule has 8 nitrogen and oxygen atoms in total. The Bertz CT molecular complexity index is 1550. The molecule has 1 N–H and O–H groups in total. The van der Waals surface area contributed by atoms with Crippen LogP contribution in [-0.2, 0) is 27.2 Å². The van der Waals surface area contributed by atoms with Crippen LogP contribution in [0.2, 0.25) is 0 Å². The molecule has 0 bridgehead atoms. The molecule has 6 rings (SSSR count). The summed E-state index contributed by atoms with van der Waals surface area (Å²) in [4.78, 5) is 22.5. The molecule has 0 aliphatic heterocycles. The molecular formula is C32H32N4O4. The van der Waals surface area contributed by atoms with Gasteiger partial charge in [0.1, 0.15) is 0 Å². The summed E-state index contributed by atoms with van der Waals surface area (Å²) in [5.74, 6) is -1.16. The van der Waals surface area contributed by atoms with Crippen LogP contribution in [0.15, 0.2) is 85.2 Å². The second kappa shape index (κ2) is 12.4. The molecule has 2 aliphatic carbocycles. The van der Waals surface area contributed by atoms with Crippen LogP contribution in [0, 0.1) is 0 Å². The van der Waals surface area contributed by atoms with Crippen LogP contribution in [0.4, 0.5) is 0 Å². The second-order valence-electron chi connectivity index (χ2n) is 9.64. The first-order chi connectivity index (χ1) is 19.5. The van der Waals surface area contributed by atoms with E-state index in [-0.39, 0.29) is 5.97 Å². The van der Waals surface area contributed by atoms with Crippen molar-refractivity contribution < 1.29 is 19.4 Å². The number of rotatable bonds is 5. The molecule has 0 spiro atoms. The molecule has 2 aromatic carbocycles. The smallest absolute Gasteiger partial charge is 0.331 e. The number of fused-ring (bicyclic) bond motifs is 2. The number of esters is 1. The van der Waals surface area contributed by atoms with Crippen molar-refractivity contribution in [3.8, 4) is 11.4 Å². The molecule has 2 heterocycles. The van der Waals surface area contributed by atoms with Crippen molar-refractivity contribution in [1.29, 1.82) is 0 Å². The summed E-state index contributed by atoms with van der Waals surface area (Å²) in [6, 6.07) is 20.0. The molecule has 2 aromatic heterocycles. The lowest BCUT2D eigenvalue weighted by molar-refractivity contribution is -0.137. The van der Waals surface area contributed by atoms with Gasteiger partial charge in [0.15, 0.2) is 0 Å². The second-order valence-corrected chi connectivity index (χ2v) is 9.64. The third kappa shape index (κ3) is 5.96. The molecule has 4 aromatic rings. The molecule has 0 unspecified atom stereocenters. The number of nitrogens with zero attached hydrogens (tertiary/aromatic N) is 4. The highest BCUT2D eigenvalue weighted by Gasteiger charge is 2.22. The number of allylic oxidation sites excluding steroid dienone is 2. The third-order valence-corrected chi connectivity index (χ3v) is 7.03. The molecule has 0 atom stereocenters. The molecule has 0 saturated heterocycles. The number of aliphatic carboxylic acids is 1. The highest BCUT2D eigenvalue weighted by atomic mass is 16.5. The van der Waals surface area contributed by atoms with Crippen molar-refractivity contribution in [2.45, 2.75) is 45.4 Å². The lowest BCUT2D eigenvalue weighted by atomic mass is 9.92. The van der Waals surface area contributed by atoms with Gasteiger partial charge < -0.3 is 9.84 Å². The Morgan fingerprint density at radius 2 is 1.25 bits per heavy atom. The van der Waals surface area contributed by atoms with Crippen molar-refractivity contribution in [3.63, 3.8) is 0 Å². The quantitative estimate of drug-likeness (QED) is 0.254. The Morgan fingerprint density at radius 3 is 1.70 bits per heavy atom. The number of hydrogen-bond acceptors (Lipinski definition) is 5. The SMILES string of the molecule is CCOC(=O)C=C1CCCc2c1cnn2-c1ccccc1.O=C(O)C=C1CCCc2c1cnn2-c1ccccc1. The van der Waals surface area contributed by atoms with Crippen LogP contribution in [0.1, 0.15) is 55.1 Å². The number of carbonyl (C=O) groups excluding carboxylic acids is 1. The summed E-state index contributed by atoms with van der Waals surface area (Å²) in [5, 5.41) is 17.8. The van der Waals surface area contributed by atoms with Gasteiger partial charge in [-0.2, -0.15) is 10.2 Å². The number of carboxylic acids is 1. The normalized spacial score (nSPS) is 16.0. The van der Waals surface area contributed by atoms with E-state index in [4.69, 9.17) is 9.84 Å². The third-order valence-electron chi connectivity index (χ3n) is 7.03. The molecule has 0 amide bonds. The van der Waals surface area contributed by atoms with E-state index in [0.717, 1.165) is 77.9 Å². The van der Waals surface area contributed by atoms with E-state index in [2.05, 4.69) is 10.2 Å². The van der Waals surface area contributed by atoms with Crippen molar-refractivity contribution in [3.05, 3.63) is 108 Å². The summed E-state index contributed by atoms with van der Waals surface area (Å²) < 4.78 is 8.88. The van der Waals surface area contributed by atoms with Crippen LogP contribution in [0.3, 0.4) is 0 Å². The maximum absolute atomic E-state index is 11.7. The lowest BCUT2D eigenvalue weighted by Gasteiger charge is -2.16. The number of ether oxygens (including phenoxy) is 1. The van der Waals surface area contributed by atoms with Gasteiger partial charge in [-0.25, -0.2) is 19.0 Å². The van der Waals surface area contributed by atoms with Gasteiger partial charge in [0.25, 0.3) is 0 Å². The number of hydrogen-bond donors (Lipinski definition) is 1. The Hall–Kier alpha value is -4.72. The first kappa shape index (κ1) is 26.9. The zero-order valence-electron chi connectivity index (χ0n) is 22.5. The summed E-state index contributed by atoms with van der Waals surface area (Å²) in [7, 11) is 0. The standard InChI is InChI=1S/C17H18N2O2.C15H14N2O2/c1-2-21-17(20)11-13-7-6-10-16-15(13)12-18-19(16)14-8-4-3-5-9-14;18-15(19)9-11-5-4-8-14-13(11)10-16-17(14)12-6-2-1-3-7-12/h3-5,8-9,11-12H,2,6-7,10H2,1H3;1-3,6-7,9-10H,4-5,8H2,(H,18,19). The molecule has 2 aliphatic rings. The van der Waals surface area contributed by atoms with Gasteiger partial charge in [-0.1, -0.05) is 36.4 Å². The van der Waals surface area contributed by atoms with E-state index in [9.17, 15) is 9.59 Å². The maximum atomic E-state index is 11.7. The first-order valence-electron chi connectivity index (χ1n) is 13.6. The molecule has 8 heteroatoms. The fraction of sp³-hybridized carbons (Fsp3) is 0.250. The van der Waals surface area contributed by atoms with Gasteiger partial charge in [0.05, 0.1) is 41.8 Å². The minimum Gasteiger partial charge on any atom is -0.478 e. The Kier molecular flexibility index (Phi) is 8.35. The summed E-state index contributed by atoms with van der Waals surface area (Å²) in [6.07, 6.45) is 12.1. The van der Waals surface area contributed by atoms with Crippen molar-refractivity contribution in [2.75, 3.05) is 6.61 Å². The fourth-order valence-corrected chi connectivity index (χ4v) is 5.29. The monoisotopic (exact) mass is 536 g/mol. The number of benzene rings is 2. The minimum absolute atomic E-state index is 0.271. The zero-order valence-corrected chi connectivity index (χ0v) is 22.5. The van der Waals surface area contributed by atoms with E-state index >= 15 is 0 Å². The van der Waals surface area contributed by atoms with Crippen LogP contribution in [-0.4, -0.2) is 43.2 Å². The lowest BCUT2D eigenvalue weighted by Crippen LogP contribution is -2.09. The van der Waals surface area contributed by atoms with Gasteiger partial charge in [0, 0.05) is 23.3 Å². The van der Waals surface area contributed by atoms with Crippen LogP contribution in [0.5, 0.6) is 0 Å². The number of para-hydroxylation sites is 2. The molecule has 0 radical (unpaired) electrons. The number of carbonyl (C=O) groups is 2. The van der Waals surface area contributed by atoms with E-state index in [1.807, 2.05) is 83.1 Å². The molecule has 0 saturated carbocycles. The fourth-order valence-electron chi connectivity index (χ4n) is 5.29. The highest BCUT2D eigenvalue weighted by molar-refractivity contribution is 5.92. The molecular weight excluding hydrogens is 504 g/mol.